The molecule has 2 aromatic rings. The lowest BCUT2D eigenvalue weighted by Crippen LogP contribution is -2.52. The molecule has 8 nitrogen and oxygen atoms in total. The van der Waals surface area contributed by atoms with Crippen LogP contribution in [0.15, 0.2) is 28.8 Å². The van der Waals surface area contributed by atoms with Crippen molar-refractivity contribution >= 4 is 5.91 Å². The minimum absolute atomic E-state index is 0.0892. The highest BCUT2D eigenvalue weighted by molar-refractivity contribution is 5.78. The van der Waals surface area contributed by atoms with Gasteiger partial charge in [0.25, 0.3) is 0 Å². The normalized spacial score (nSPS) is 16.0. The Kier molecular flexibility index (Phi) is 6.87. The number of ether oxygens (including phenoxy) is 1. The molecule has 2 heterocycles. The van der Waals surface area contributed by atoms with Crippen LogP contribution in [0.1, 0.15) is 33.1 Å². The van der Waals surface area contributed by atoms with Gasteiger partial charge >= 0.3 is 0 Å². The van der Waals surface area contributed by atoms with Gasteiger partial charge in [-0.25, -0.2) is 0 Å². The van der Waals surface area contributed by atoms with Crippen LogP contribution in [0.5, 0.6) is 5.75 Å². The number of amides is 1. The van der Waals surface area contributed by atoms with Crippen molar-refractivity contribution in [1.29, 1.82) is 0 Å². The molecule has 0 bridgehead atoms. The lowest BCUT2D eigenvalue weighted by Gasteiger charge is -2.34. The van der Waals surface area contributed by atoms with Crippen LogP contribution < -0.4 is 10.1 Å². The molecule has 1 fully saturated rings. The summed E-state index contributed by atoms with van der Waals surface area (Å²) < 4.78 is 10.6. The van der Waals surface area contributed by atoms with Crippen molar-refractivity contribution in [2.24, 2.45) is 0 Å². The van der Waals surface area contributed by atoms with E-state index in [-0.39, 0.29) is 11.4 Å². The Morgan fingerprint density at radius 3 is 2.45 bits per heavy atom. The molecule has 0 spiro atoms. The number of carbonyl (C=O) groups excluding carboxylic acids is 1. The second-order valence-corrected chi connectivity index (χ2v) is 8.08. The summed E-state index contributed by atoms with van der Waals surface area (Å²) in [6.45, 7) is 10.7. The standard InChI is InChI=1S/C21H31N5O3/c1-5-21(2,3)23-18(27)14-25-10-12-26(13-11-25)15-19-22-20(24-29-19)16-6-8-17(28-4)9-7-16/h6-9H,5,10-15H2,1-4H3,(H,23,27). The first-order valence-corrected chi connectivity index (χ1v) is 10.1. The Morgan fingerprint density at radius 1 is 1.17 bits per heavy atom. The van der Waals surface area contributed by atoms with Crippen LogP contribution in [0.3, 0.4) is 0 Å². The molecule has 29 heavy (non-hydrogen) atoms. The van der Waals surface area contributed by atoms with E-state index in [9.17, 15) is 4.79 Å². The first-order valence-electron chi connectivity index (χ1n) is 10.1. The van der Waals surface area contributed by atoms with Crippen LogP contribution in [0.2, 0.25) is 0 Å². The van der Waals surface area contributed by atoms with Crippen molar-refractivity contribution in [3.63, 3.8) is 0 Å². The quantitative estimate of drug-likeness (QED) is 0.726. The highest BCUT2D eigenvalue weighted by Gasteiger charge is 2.23. The van der Waals surface area contributed by atoms with E-state index in [1.165, 1.54) is 0 Å². The monoisotopic (exact) mass is 401 g/mol. The van der Waals surface area contributed by atoms with E-state index in [0.717, 1.165) is 43.9 Å². The lowest BCUT2D eigenvalue weighted by atomic mass is 10.0. The number of carbonyl (C=O) groups is 1. The average molecular weight is 402 g/mol. The molecule has 0 radical (unpaired) electrons. The fraction of sp³-hybridized carbons (Fsp3) is 0.571. The summed E-state index contributed by atoms with van der Waals surface area (Å²) in [6.07, 6.45) is 0.912. The Balaban J connectivity index is 1.46. The second-order valence-electron chi connectivity index (χ2n) is 8.08. The van der Waals surface area contributed by atoms with Crippen LogP contribution in [-0.4, -0.2) is 71.2 Å². The number of nitrogens with zero attached hydrogens (tertiary/aromatic N) is 4. The van der Waals surface area contributed by atoms with Crippen molar-refractivity contribution in [3.8, 4) is 17.1 Å². The third kappa shape index (κ3) is 6.01. The minimum Gasteiger partial charge on any atom is -0.497 e. The largest absolute Gasteiger partial charge is 0.497 e. The summed E-state index contributed by atoms with van der Waals surface area (Å²) in [5, 5.41) is 7.18. The van der Waals surface area contributed by atoms with Crippen LogP contribution in [0.25, 0.3) is 11.4 Å². The average Bonchev–Trinajstić information content (AvgIpc) is 3.17. The van der Waals surface area contributed by atoms with Gasteiger partial charge in [-0.3, -0.25) is 14.6 Å². The summed E-state index contributed by atoms with van der Waals surface area (Å²) in [6, 6.07) is 7.58. The molecular weight excluding hydrogens is 370 g/mol. The number of nitrogens with one attached hydrogen (secondary N) is 1. The number of hydrogen-bond acceptors (Lipinski definition) is 7. The van der Waals surface area contributed by atoms with E-state index < -0.39 is 0 Å². The van der Waals surface area contributed by atoms with Gasteiger partial charge in [-0.2, -0.15) is 4.98 Å². The zero-order valence-electron chi connectivity index (χ0n) is 17.8. The van der Waals surface area contributed by atoms with Crippen LogP contribution in [-0.2, 0) is 11.3 Å². The predicted molar refractivity (Wildman–Crippen MR) is 111 cm³/mol. The molecule has 1 aliphatic heterocycles. The van der Waals surface area contributed by atoms with Gasteiger partial charge in [0, 0.05) is 37.3 Å². The smallest absolute Gasteiger partial charge is 0.241 e. The van der Waals surface area contributed by atoms with Crippen LogP contribution in [0, 0.1) is 0 Å². The maximum atomic E-state index is 12.2. The number of benzene rings is 1. The Bertz CT molecular complexity index is 795. The van der Waals surface area contributed by atoms with E-state index >= 15 is 0 Å². The van der Waals surface area contributed by atoms with Crippen molar-refractivity contribution < 1.29 is 14.1 Å². The van der Waals surface area contributed by atoms with Crippen molar-refractivity contribution in [2.75, 3.05) is 39.8 Å². The first kappa shape index (κ1) is 21.3. The molecule has 1 aromatic heterocycles. The van der Waals surface area contributed by atoms with E-state index in [2.05, 4.69) is 32.2 Å². The summed E-state index contributed by atoms with van der Waals surface area (Å²) in [4.78, 5) is 21.2. The van der Waals surface area contributed by atoms with Gasteiger partial charge in [0.2, 0.25) is 17.6 Å². The minimum atomic E-state index is -0.154. The topological polar surface area (TPSA) is 83.7 Å². The molecule has 0 saturated carbocycles. The summed E-state index contributed by atoms with van der Waals surface area (Å²) in [5.41, 5.74) is 0.741. The second kappa shape index (κ2) is 9.37. The van der Waals surface area contributed by atoms with Crippen LogP contribution in [0.4, 0.5) is 0 Å². The molecule has 3 rings (SSSR count). The molecule has 0 unspecified atom stereocenters. The van der Waals surface area contributed by atoms with Crippen molar-refractivity contribution in [2.45, 2.75) is 39.3 Å². The van der Waals surface area contributed by atoms with E-state index in [1.54, 1.807) is 7.11 Å². The Morgan fingerprint density at radius 2 is 1.83 bits per heavy atom. The molecule has 0 aliphatic carbocycles. The highest BCUT2D eigenvalue weighted by atomic mass is 16.5. The lowest BCUT2D eigenvalue weighted by molar-refractivity contribution is -0.124. The molecule has 1 aromatic carbocycles. The fourth-order valence-electron chi connectivity index (χ4n) is 3.18. The number of piperazine rings is 1. The maximum absolute atomic E-state index is 12.2. The van der Waals surface area contributed by atoms with Gasteiger partial charge < -0.3 is 14.6 Å². The van der Waals surface area contributed by atoms with E-state index in [1.807, 2.05) is 38.1 Å². The summed E-state index contributed by atoms with van der Waals surface area (Å²) in [7, 11) is 1.64. The maximum Gasteiger partial charge on any atom is 0.241 e. The van der Waals surface area contributed by atoms with Gasteiger partial charge in [-0.1, -0.05) is 12.1 Å². The molecule has 8 heteroatoms. The number of hydrogen-bond donors (Lipinski definition) is 1. The van der Waals surface area contributed by atoms with Crippen LogP contribution >= 0.6 is 0 Å². The zero-order chi connectivity index (χ0) is 20.9. The van der Waals surface area contributed by atoms with E-state index in [0.29, 0.717) is 24.8 Å². The first-order chi connectivity index (χ1) is 13.9. The predicted octanol–water partition coefficient (Wildman–Crippen LogP) is 2.17. The third-order valence-corrected chi connectivity index (χ3v) is 5.37. The van der Waals surface area contributed by atoms with Gasteiger partial charge in [-0.15, -0.1) is 0 Å². The molecule has 0 atom stereocenters. The molecular formula is C21H31N5O3. The highest BCUT2D eigenvalue weighted by Crippen LogP contribution is 2.20. The van der Waals surface area contributed by atoms with Gasteiger partial charge in [-0.05, 0) is 44.5 Å². The van der Waals surface area contributed by atoms with E-state index in [4.69, 9.17) is 9.26 Å². The molecule has 1 aliphatic rings. The fourth-order valence-corrected chi connectivity index (χ4v) is 3.18. The number of aromatic nitrogens is 2. The Hall–Kier alpha value is -2.45. The molecule has 158 valence electrons. The number of rotatable bonds is 8. The molecule has 1 amide bonds. The molecule has 1 saturated heterocycles. The van der Waals surface area contributed by atoms with Gasteiger partial charge in [0.15, 0.2) is 0 Å². The number of methoxy groups -OCH3 is 1. The summed E-state index contributed by atoms with van der Waals surface area (Å²) in [5.74, 6) is 2.07. The SMILES string of the molecule is CCC(C)(C)NC(=O)CN1CCN(Cc2nc(-c3ccc(OC)cc3)no2)CC1. The zero-order valence-corrected chi connectivity index (χ0v) is 17.8. The van der Waals surface area contributed by atoms with Gasteiger partial charge in [0.1, 0.15) is 5.75 Å². The van der Waals surface area contributed by atoms with Crippen molar-refractivity contribution in [3.05, 3.63) is 30.2 Å². The van der Waals surface area contributed by atoms with Gasteiger partial charge in [0.05, 0.1) is 20.2 Å². The third-order valence-electron chi connectivity index (χ3n) is 5.37. The van der Waals surface area contributed by atoms with Crippen molar-refractivity contribution in [1.82, 2.24) is 25.3 Å². The Labute approximate surface area is 172 Å². The molecule has 1 N–H and O–H groups in total. The summed E-state index contributed by atoms with van der Waals surface area (Å²) >= 11 is 0.